The van der Waals surface area contributed by atoms with Gasteiger partial charge in [0.15, 0.2) is 0 Å². The van der Waals surface area contributed by atoms with Crippen LogP contribution in [-0.4, -0.2) is 23.0 Å². The highest BCUT2D eigenvalue weighted by Crippen LogP contribution is 2.24. The zero-order valence-electron chi connectivity index (χ0n) is 9.72. The highest BCUT2D eigenvalue weighted by molar-refractivity contribution is 5.57. The Hall–Kier alpha value is -1.65. The van der Waals surface area contributed by atoms with Crippen molar-refractivity contribution in [3.63, 3.8) is 0 Å². The molecule has 1 aromatic rings. The van der Waals surface area contributed by atoms with Gasteiger partial charge in [0.05, 0.1) is 4.92 Å². The van der Waals surface area contributed by atoms with Gasteiger partial charge in [0, 0.05) is 25.4 Å². The second-order valence-corrected chi connectivity index (χ2v) is 3.54. The van der Waals surface area contributed by atoms with Crippen LogP contribution in [0.1, 0.15) is 26.7 Å². The normalized spacial score (nSPS) is 10.1. The van der Waals surface area contributed by atoms with E-state index >= 15 is 0 Å². The Bertz CT molecular complexity index is 355. The summed E-state index contributed by atoms with van der Waals surface area (Å²) in [6.07, 6.45) is 3.68. The molecule has 5 heteroatoms. The summed E-state index contributed by atoms with van der Waals surface area (Å²) in [4.78, 5) is 16.5. The average molecular weight is 223 g/mol. The fourth-order valence-corrected chi connectivity index (χ4v) is 1.54. The fraction of sp³-hybridized carbons (Fsp3) is 0.545. The molecule has 0 bridgehead atoms. The number of anilines is 1. The summed E-state index contributed by atoms with van der Waals surface area (Å²) in [5.41, 5.74) is 0.0838. The van der Waals surface area contributed by atoms with E-state index in [9.17, 15) is 10.1 Å². The lowest BCUT2D eigenvalue weighted by Crippen LogP contribution is -2.25. The van der Waals surface area contributed by atoms with Crippen molar-refractivity contribution in [1.29, 1.82) is 0 Å². The Kier molecular flexibility index (Phi) is 4.69. The van der Waals surface area contributed by atoms with Crippen LogP contribution in [0.25, 0.3) is 0 Å². The van der Waals surface area contributed by atoms with E-state index in [-0.39, 0.29) is 10.6 Å². The van der Waals surface area contributed by atoms with Crippen molar-refractivity contribution in [3.8, 4) is 0 Å². The lowest BCUT2D eigenvalue weighted by molar-refractivity contribution is -0.384. The van der Waals surface area contributed by atoms with E-state index in [0.29, 0.717) is 5.82 Å². The van der Waals surface area contributed by atoms with Gasteiger partial charge in [-0.25, -0.2) is 4.98 Å². The van der Waals surface area contributed by atoms with Gasteiger partial charge in [0.1, 0.15) is 0 Å². The van der Waals surface area contributed by atoms with Crippen molar-refractivity contribution in [1.82, 2.24) is 4.98 Å². The van der Waals surface area contributed by atoms with Gasteiger partial charge < -0.3 is 4.90 Å². The van der Waals surface area contributed by atoms with E-state index in [1.165, 1.54) is 6.07 Å². The summed E-state index contributed by atoms with van der Waals surface area (Å²) >= 11 is 0. The van der Waals surface area contributed by atoms with Gasteiger partial charge in [-0.2, -0.15) is 0 Å². The molecular formula is C11H17N3O2. The van der Waals surface area contributed by atoms with Crippen LogP contribution in [0.4, 0.5) is 11.5 Å². The molecule has 0 aliphatic carbocycles. The molecule has 1 aromatic heterocycles. The number of unbranched alkanes of at least 4 members (excludes halogenated alkanes) is 1. The van der Waals surface area contributed by atoms with Crippen LogP contribution in [0.3, 0.4) is 0 Å². The van der Waals surface area contributed by atoms with Crippen LogP contribution >= 0.6 is 0 Å². The molecule has 0 amide bonds. The van der Waals surface area contributed by atoms with Crippen molar-refractivity contribution < 1.29 is 4.92 Å². The molecule has 0 saturated heterocycles. The number of nitrogens with zero attached hydrogens (tertiary/aromatic N) is 3. The molecule has 0 saturated carbocycles. The first-order chi connectivity index (χ1) is 7.70. The quantitative estimate of drug-likeness (QED) is 0.549. The van der Waals surface area contributed by atoms with E-state index in [0.717, 1.165) is 25.9 Å². The summed E-state index contributed by atoms with van der Waals surface area (Å²) in [5.74, 6) is 0.475. The number of aromatic nitrogens is 1. The molecular weight excluding hydrogens is 206 g/mol. The molecule has 0 aromatic carbocycles. The van der Waals surface area contributed by atoms with Crippen molar-refractivity contribution >= 4 is 11.5 Å². The van der Waals surface area contributed by atoms with Crippen molar-refractivity contribution in [3.05, 3.63) is 28.4 Å². The van der Waals surface area contributed by atoms with Crippen molar-refractivity contribution in [2.75, 3.05) is 18.0 Å². The van der Waals surface area contributed by atoms with Crippen molar-refractivity contribution in [2.24, 2.45) is 0 Å². The monoisotopic (exact) mass is 223 g/mol. The van der Waals surface area contributed by atoms with Crippen LogP contribution in [-0.2, 0) is 0 Å². The van der Waals surface area contributed by atoms with Gasteiger partial charge >= 0.3 is 5.69 Å². The second-order valence-electron chi connectivity index (χ2n) is 3.54. The predicted octanol–water partition coefficient (Wildman–Crippen LogP) is 2.62. The standard InChI is InChI=1S/C11H17N3O2/c1-3-5-9-13(4-2)11-10(14(15)16)7-6-8-12-11/h6-8H,3-5,9H2,1-2H3. The van der Waals surface area contributed by atoms with E-state index in [1.807, 2.05) is 11.8 Å². The zero-order valence-corrected chi connectivity index (χ0v) is 9.72. The topological polar surface area (TPSA) is 59.3 Å². The molecule has 0 aliphatic heterocycles. The SMILES string of the molecule is CCCCN(CC)c1ncccc1[N+](=O)[O-]. The minimum Gasteiger partial charge on any atom is -0.351 e. The van der Waals surface area contributed by atoms with Crippen LogP contribution in [0, 0.1) is 10.1 Å². The predicted molar refractivity (Wildman–Crippen MR) is 63.7 cm³/mol. The second kappa shape index (κ2) is 6.05. The highest BCUT2D eigenvalue weighted by atomic mass is 16.6. The third kappa shape index (κ3) is 2.92. The zero-order chi connectivity index (χ0) is 12.0. The third-order valence-corrected chi connectivity index (χ3v) is 2.43. The molecule has 0 N–H and O–H groups in total. The molecule has 1 heterocycles. The minimum absolute atomic E-state index is 0.0838. The van der Waals surface area contributed by atoms with Crippen LogP contribution in [0.15, 0.2) is 18.3 Å². The van der Waals surface area contributed by atoms with E-state index < -0.39 is 0 Å². The van der Waals surface area contributed by atoms with Crippen LogP contribution in [0.5, 0.6) is 0 Å². The summed E-state index contributed by atoms with van der Waals surface area (Å²) in [6, 6.07) is 3.09. The van der Waals surface area contributed by atoms with Gasteiger partial charge in [-0.15, -0.1) is 0 Å². The lowest BCUT2D eigenvalue weighted by Gasteiger charge is -2.20. The van der Waals surface area contributed by atoms with E-state index in [2.05, 4.69) is 11.9 Å². The molecule has 88 valence electrons. The Labute approximate surface area is 95.3 Å². The summed E-state index contributed by atoms with van der Waals surface area (Å²) < 4.78 is 0. The smallest absolute Gasteiger partial charge is 0.311 e. The van der Waals surface area contributed by atoms with E-state index in [1.54, 1.807) is 12.3 Å². The maximum Gasteiger partial charge on any atom is 0.311 e. The average Bonchev–Trinajstić information content (AvgIpc) is 2.30. The maximum absolute atomic E-state index is 10.9. The largest absolute Gasteiger partial charge is 0.351 e. The van der Waals surface area contributed by atoms with Crippen molar-refractivity contribution in [2.45, 2.75) is 26.7 Å². The van der Waals surface area contributed by atoms with Gasteiger partial charge in [-0.3, -0.25) is 10.1 Å². The number of hydrogen-bond acceptors (Lipinski definition) is 4. The molecule has 0 radical (unpaired) electrons. The van der Waals surface area contributed by atoms with E-state index in [4.69, 9.17) is 0 Å². The molecule has 0 spiro atoms. The highest BCUT2D eigenvalue weighted by Gasteiger charge is 2.18. The maximum atomic E-state index is 10.9. The number of nitro groups is 1. The third-order valence-electron chi connectivity index (χ3n) is 2.43. The number of pyridine rings is 1. The fourth-order valence-electron chi connectivity index (χ4n) is 1.54. The molecule has 16 heavy (non-hydrogen) atoms. The molecule has 0 fully saturated rings. The van der Waals surface area contributed by atoms with Gasteiger partial charge in [0.2, 0.25) is 5.82 Å². The Balaban J connectivity index is 2.94. The molecule has 0 aliphatic rings. The number of rotatable bonds is 6. The molecule has 5 nitrogen and oxygen atoms in total. The first kappa shape index (κ1) is 12.4. The van der Waals surface area contributed by atoms with Crippen LogP contribution < -0.4 is 4.90 Å². The van der Waals surface area contributed by atoms with Crippen LogP contribution in [0.2, 0.25) is 0 Å². The minimum atomic E-state index is -0.378. The summed E-state index contributed by atoms with van der Waals surface area (Å²) in [7, 11) is 0. The van der Waals surface area contributed by atoms with Gasteiger partial charge in [-0.1, -0.05) is 13.3 Å². The van der Waals surface area contributed by atoms with Gasteiger partial charge in [0.25, 0.3) is 0 Å². The Morgan fingerprint density at radius 1 is 1.50 bits per heavy atom. The molecule has 0 atom stereocenters. The number of hydrogen-bond donors (Lipinski definition) is 0. The van der Waals surface area contributed by atoms with Gasteiger partial charge in [-0.05, 0) is 19.4 Å². The molecule has 0 unspecified atom stereocenters. The lowest BCUT2D eigenvalue weighted by atomic mass is 10.3. The molecule has 1 rings (SSSR count). The Morgan fingerprint density at radius 3 is 2.81 bits per heavy atom. The summed E-state index contributed by atoms with van der Waals surface area (Å²) in [6.45, 7) is 5.62. The first-order valence-electron chi connectivity index (χ1n) is 5.55. The Morgan fingerprint density at radius 2 is 2.25 bits per heavy atom. The first-order valence-corrected chi connectivity index (χ1v) is 5.55. The summed E-state index contributed by atoms with van der Waals surface area (Å²) in [5, 5.41) is 10.9.